The van der Waals surface area contributed by atoms with Crippen LogP contribution in [-0.4, -0.2) is 105 Å². The first kappa shape index (κ1) is 45.3. The summed E-state index contributed by atoms with van der Waals surface area (Å²) in [7, 11) is 0. The lowest BCUT2D eigenvalue weighted by atomic mass is 9.76. The molecule has 5 amide bonds. The van der Waals surface area contributed by atoms with Crippen LogP contribution < -0.4 is 21.7 Å². The van der Waals surface area contributed by atoms with Gasteiger partial charge in [0, 0.05) is 57.1 Å². The maximum atomic E-state index is 15.4. The average Bonchev–Trinajstić information content (AvgIpc) is 3.72. The van der Waals surface area contributed by atoms with E-state index >= 15 is 4.79 Å². The second-order valence-corrected chi connectivity index (χ2v) is 16.7. The number of ether oxygens (including phenoxy) is 1. The number of rotatable bonds is 21. The molecule has 1 aromatic heterocycles. The molecule has 1 aliphatic heterocycles. The Labute approximate surface area is 335 Å². The third kappa shape index (κ3) is 13.6. The van der Waals surface area contributed by atoms with Crippen LogP contribution in [0.5, 0.6) is 0 Å². The first-order valence-electron chi connectivity index (χ1n) is 22.1. The molecule has 2 heterocycles. The lowest BCUT2D eigenvalue weighted by Gasteiger charge is -2.44. The number of hydrogen-bond acceptors (Lipinski definition) is 8. The van der Waals surface area contributed by atoms with E-state index in [0.717, 1.165) is 51.4 Å². The van der Waals surface area contributed by atoms with Gasteiger partial charge in [-0.1, -0.05) is 90.9 Å². The van der Waals surface area contributed by atoms with Crippen LogP contribution in [0.2, 0.25) is 0 Å². The Balaban J connectivity index is 1.72. The van der Waals surface area contributed by atoms with Gasteiger partial charge in [-0.05, 0) is 63.2 Å². The predicted molar refractivity (Wildman–Crippen MR) is 217 cm³/mol. The van der Waals surface area contributed by atoms with Crippen molar-refractivity contribution in [1.82, 2.24) is 35.7 Å². The number of aliphatic hydroxyl groups excluding tert-OH is 1. The van der Waals surface area contributed by atoms with Crippen molar-refractivity contribution in [2.45, 2.75) is 173 Å². The number of nitrogens with zero attached hydrogens (tertiary/aromatic N) is 3. The van der Waals surface area contributed by atoms with Gasteiger partial charge in [0.15, 0.2) is 0 Å². The summed E-state index contributed by atoms with van der Waals surface area (Å²) in [6.45, 7) is 7.72. The van der Waals surface area contributed by atoms with Gasteiger partial charge in [-0.3, -0.25) is 14.5 Å². The fourth-order valence-corrected chi connectivity index (χ4v) is 9.26. The number of imidazole rings is 1. The van der Waals surface area contributed by atoms with Gasteiger partial charge >= 0.3 is 12.1 Å². The van der Waals surface area contributed by atoms with Gasteiger partial charge in [-0.2, -0.15) is 0 Å². The van der Waals surface area contributed by atoms with Crippen molar-refractivity contribution < 1.29 is 29.0 Å². The molecular formula is C42H74N8O6. The Morgan fingerprint density at radius 1 is 0.982 bits per heavy atom. The van der Waals surface area contributed by atoms with E-state index < -0.39 is 29.9 Å². The lowest BCUT2D eigenvalue weighted by Crippen LogP contribution is -2.67. The number of likely N-dealkylation sites (tertiary alicyclic amines) is 1. The van der Waals surface area contributed by atoms with Gasteiger partial charge in [0.2, 0.25) is 5.91 Å². The van der Waals surface area contributed by atoms with Crippen molar-refractivity contribution in [2.75, 3.05) is 32.7 Å². The molecule has 4 rings (SSSR count). The number of nitrogens with two attached hydrogens (primary N) is 1. The van der Waals surface area contributed by atoms with E-state index in [0.29, 0.717) is 88.2 Å². The molecule has 14 heteroatoms. The van der Waals surface area contributed by atoms with Gasteiger partial charge in [-0.25, -0.2) is 14.6 Å². The Bertz CT molecular complexity index is 1310. The highest BCUT2D eigenvalue weighted by Gasteiger charge is 2.52. The zero-order valence-electron chi connectivity index (χ0n) is 34.7. The molecule has 318 valence electrons. The topological polar surface area (TPSA) is 195 Å². The van der Waals surface area contributed by atoms with Gasteiger partial charge in [0.1, 0.15) is 0 Å². The van der Waals surface area contributed by atoms with Crippen LogP contribution in [-0.2, 0) is 20.7 Å². The van der Waals surface area contributed by atoms with E-state index in [4.69, 9.17) is 10.5 Å². The zero-order chi connectivity index (χ0) is 40.3. The maximum Gasteiger partial charge on any atom is 0.412 e. The Morgan fingerprint density at radius 2 is 1.68 bits per heavy atom. The molecule has 7 N–H and O–H groups in total. The van der Waals surface area contributed by atoms with Crippen LogP contribution in [0.15, 0.2) is 12.5 Å². The Kier molecular flexibility index (Phi) is 19.2. The van der Waals surface area contributed by atoms with Crippen LogP contribution in [0.4, 0.5) is 9.59 Å². The number of aliphatic hydroxyl groups is 1. The fourth-order valence-electron chi connectivity index (χ4n) is 9.26. The molecule has 0 spiro atoms. The minimum absolute atomic E-state index is 0.0242. The highest BCUT2D eigenvalue weighted by atomic mass is 16.6. The Morgan fingerprint density at radius 3 is 2.30 bits per heavy atom. The number of hydrogen-bond donors (Lipinski definition) is 6. The van der Waals surface area contributed by atoms with E-state index in [-0.39, 0.29) is 37.4 Å². The molecule has 2 aliphatic carbocycles. The SMILES string of the molecule is CCCC(CCN(C(=O)CC)C(Cc1cnc[nH]1)(OC(=O)N1CCC(N)CC1)C(=O)N[C@@H](CC1CCCCC1)[C@@H](O)CCCNC(=O)NCC)C1CCCCC1. The van der Waals surface area contributed by atoms with Crippen molar-refractivity contribution in [3.8, 4) is 0 Å². The van der Waals surface area contributed by atoms with Crippen molar-refractivity contribution in [1.29, 1.82) is 0 Å². The molecular weight excluding hydrogens is 713 g/mol. The summed E-state index contributed by atoms with van der Waals surface area (Å²) in [5, 5.41) is 20.5. The second kappa shape index (κ2) is 23.7. The average molecular weight is 787 g/mol. The van der Waals surface area contributed by atoms with E-state index in [2.05, 4.69) is 32.8 Å². The highest BCUT2D eigenvalue weighted by molar-refractivity contribution is 5.92. The molecule has 14 nitrogen and oxygen atoms in total. The molecule has 1 aromatic rings. The molecule has 1 saturated heterocycles. The summed E-state index contributed by atoms with van der Waals surface area (Å²) in [5.74, 6) is 0.316. The van der Waals surface area contributed by atoms with Gasteiger partial charge in [-0.15, -0.1) is 0 Å². The lowest BCUT2D eigenvalue weighted by molar-refractivity contribution is -0.179. The number of H-pyrrole nitrogens is 1. The summed E-state index contributed by atoms with van der Waals surface area (Å²) in [5.41, 5.74) is 4.68. The van der Waals surface area contributed by atoms with Crippen molar-refractivity contribution in [2.24, 2.45) is 23.5 Å². The van der Waals surface area contributed by atoms with Crippen LogP contribution in [0.25, 0.3) is 0 Å². The number of aromatic amines is 1. The summed E-state index contributed by atoms with van der Waals surface area (Å²) in [6.07, 6.45) is 18.2. The first-order chi connectivity index (χ1) is 27.1. The smallest absolute Gasteiger partial charge is 0.412 e. The molecule has 4 atom stereocenters. The van der Waals surface area contributed by atoms with Gasteiger partial charge in [0.05, 0.1) is 24.9 Å². The van der Waals surface area contributed by atoms with Crippen molar-refractivity contribution >= 4 is 23.9 Å². The van der Waals surface area contributed by atoms with Crippen LogP contribution in [0.3, 0.4) is 0 Å². The van der Waals surface area contributed by atoms with Gasteiger partial charge in [0.25, 0.3) is 11.6 Å². The molecule has 2 unspecified atom stereocenters. The largest absolute Gasteiger partial charge is 0.412 e. The minimum atomic E-state index is -2.07. The minimum Gasteiger partial charge on any atom is -0.412 e. The standard InChI is InChI=1S/C42H74N8O6/c1-4-14-32(33-17-11-8-12-18-33)20-26-50(38(52)5-2)42(28-35-29-44-30-47-35,56-41(55)49-24-21-34(43)22-25-49)39(53)48-36(27-31-15-9-7-10-16-31)37(51)19-13-23-46-40(54)45-6-3/h29-34,36-37,51H,4-28,43H2,1-3H3,(H,44,47)(H,48,53)(H2,45,46,54)/t32?,36-,37-,42?/m0/s1. The number of aromatic nitrogens is 2. The Hall–Kier alpha value is -3.39. The fraction of sp³-hybridized carbons (Fsp3) is 0.833. The second-order valence-electron chi connectivity index (χ2n) is 16.7. The number of nitrogens with one attached hydrogen (secondary N) is 4. The summed E-state index contributed by atoms with van der Waals surface area (Å²) in [6, 6.07) is -0.958. The van der Waals surface area contributed by atoms with Crippen LogP contribution in [0.1, 0.15) is 148 Å². The number of piperidine rings is 1. The number of carbonyl (C=O) groups excluding carboxylic acids is 4. The summed E-state index contributed by atoms with van der Waals surface area (Å²) < 4.78 is 6.54. The zero-order valence-corrected chi connectivity index (χ0v) is 34.7. The highest BCUT2D eigenvalue weighted by Crippen LogP contribution is 2.36. The monoisotopic (exact) mass is 787 g/mol. The third-order valence-electron chi connectivity index (χ3n) is 12.5. The number of amides is 5. The quantitative estimate of drug-likeness (QED) is 0.0670. The van der Waals surface area contributed by atoms with Crippen LogP contribution >= 0.6 is 0 Å². The third-order valence-corrected chi connectivity index (χ3v) is 12.5. The predicted octanol–water partition coefficient (Wildman–Crippen LogP) is 5.75. The molecule has 2 saturated carbocycles. The summed E-state index contributed by atoms with van der Waals surface area (Å²) >= 11 is 0. The maximum absolute atomic E-state index is 15.4. The molecule has 3 fully saturated rings. The van der Waals surface area contributed by atoms with E-state index in [1.165, 1.54) is 36.9 Å². The van der Waals surface area contributed by atoms with Crippen molar-refractivity contribution in [3.63, 3.8) is 0 Å². The molecule has 0 radical (unpaired) electrons. The molecule has 56 heavy (non-hydrogen) atoms. The molecule has 0 aromatic carbocycles. The first-order valence-corrected chi connectivity index (χ1v) is 22.1. The summed E-state index contributed by atoms with van der Waals surface area (Å²) in [4.78, 5) is 66.6. The number of carbonyl (C=O) groups is 4. The molecule has 3 aliphatic rings. The normalized spacial score (nSPS) is 20.0. The molecule has 0 bridgehead atoms. The van der Waals surface area contributed by atoms with Crippen LogP contribution in [0, 0.1) is 17.8 Å². The van der Waals surface area contributed by atoms with E-state index in [1.807, 2.05) is 6.92 Å². The number of urea groups is 1. The van der Waals surface area contributed by atoms with E-state index in [9.17, 15) is 19.5 Å². The van der Waals surface area contributed by atoms with Crippen molar-refractivity contribution in [3.05, 3.63) is 18.2 Å². The van der Waals surface area contributed by atoms with Gasteiger partial charge < -0.3 is 41.4 Å². The van der Waals surface area contributed by atoms with E-state index in [1.54, 1.807) is 18.0 Å².